The molecule has 0 aromatic carbocycles. The third-order valence-electron chi connectivity index (χ3n) is 1.57. The lowest BCUT2D eigenvalue weighted by Gasteiger charge is -2.36. The van der Waals surface area contributed by atoms with Crippen LogP contribution in [0, 0.1) is 0 Å². The van der Waals surface area contributed by atoms with Crippen LogP contribution in [0.2, 0.25) is 0 Å². The quantitative estimate of drug-likeness (QED) is 0.507. The molecule has 1 fully saturated rings. The molecule has 0 aliphatic heterocycles. The third-order valence-corrected chi connectivity index (χ3v) is 1.57. The van der Waals surface area contributed by atoms with Crippen LogP contribution < -0.4 is 5.73 Å². The van der Waals surface area contributed by atoms with E-state index in [1.54, 1.807) is 0 Å². The van der Waals surface area contributed by atoms with E-state index in [1.165, 1.54) is 6.08 Å². The first kappa shape index (κ1) is 5.76. The van der Waals surface area contributed by atoms with Crippen molar-refractivity contribution < 1.29 is 4.39 Å². The van der Waals surface area contributed by atoms with Gasteiger partial charge in [0.15, 0.2) is 0 Å². The number of rotatable bonds is 1. The molecular formula is C6H10FN. The normalized spacial score (nSPS) is 45.5. The Morgan fingerprint density at radius 1 is 1.75 bits per heavy atom. The number of alkyl halides is 1. The molecule has 1 aliphatic carbocycles. The number of nitrogens with two attached hydrogens (primary N) is 1. The van der Waals surface area contributed by atoms with Gasteiger partial charge in [0.1, 0.15) is 5.67 Å². The molecule has 0 amide bonds. The second kappa shape index (κ2) is 1.55. The summed E-state index contributed by atoms with van der Waals surface area (Å²) >= 11 is 0. The van der Waals surface area contributed by atoms with Crippen molar-refractivity contribution in [2.45, 2.75) is 24.6 Å². The topological polar surface area (TPSA) is 26.0 Å². The summed E-state index contributed by atoms with van der Waals surface area (Å²) < 4.78 is 12.7. The molecular weight excluding hydrogens is 105 g/mol. The van der Waals surface area contributed by atoms with Gasteiger partial charge in [-0.1, -0.05) is 12.7 Å². The first-order valence-corrected chi connectivity index (χ1v) is 2.74. The largest absolute Gasteiger partial charge is 0.327 e. The van der Waals surface area contributed by atoms with Gasteiger partial charge in [-0.2, -0.15) is 0 Å². The molecule has 0 radical (unpaired) electrons. The van der Waals surface area contributed by atoms with Crippen LogP contribution in [-0.2, 0) is 0 Å². The lowest BCUT2D eigenvalue weighted by atomic mass is 9.78. The Kier molecular flexibility index (Phi) is 1.12. The maximum absolute atomic E-state index is 12.7. The van der Waals surface area contributed by atoms with Crippen molar-refractivity contribution in [3.05, 3.63) is 12.7 Å². The fourth-order valence-corrected chi connectivity index (χ4v) is 0.979. The molecule has 1 aliphatic rings. The van der Waals surface area contributed by atoms with Gasteiger partial charge in [0.25, 0.3) is 0 Å². The molecule has 1 saturated carbocycles. The molecule has 0 aromatic rings. The molecule has 0 aromatic heterocycles. The molecule has 0 spiro atoms. The Labute approximate surface area is 48.4 Å². The van der Waals surface area contributed by atoms with Crippen LogP contribution in [-0.4, -0.2) is 11.7 Å². The van der Waals surface area contributed by atoms with Gasteiger partial charge in [-0.25, -0.2) is 4.39 Å². The second-order valence-corrected chi connectivity index (χ2v) is 2.41. The Morgan fingerprint density at radius 2 is 2.25 bits per heavy atom. The van der Waals surface area contributed by atoms with Gasteiger partial charge in [-0.3, -0.25) is 0 Å². The molecule has 0 heterocycles. The summed E-state index contributed by atoms with van der Waals surface area (Å²) in [5, 5.41) is 0. The fraction of sp³-hybridized carbons (Fsp3) is 0.667. The van der Waals surface area contributed by atoms with Gasteiger partial charge in [0.05, 0.1) is 0 Å². The lowest BCUT2D eigenvalue weighted by molar-refractivity contribution is 0.0964. The highest BCUT2D eigenvalue weighted by molar-refractivity contribution is 5.08. The summed E-state index contributed by atoms with van der Waals surface area (Å²) in [4.78, 5) is 0. The Balaban J connectivity index is 2.40. The van der Waals surface area contributed by atoms with E-state index in [0.717, 1.165) is 0 Å². The zero-order chi connectivity index (χ0) is 6.20. The van der Waals surface area contributed by atoms with Crippen LogP contribution in [0.25, 0.3) is 0 Å². The Hall–Kier alpha value is -0.370. The van der Waals surface area contributed by atoms with Crippen LogP contribution in [0.3, 0.4) is 0 Å². The summed E-state index contributed by atoms with van der Waals surface area (Å²) in [6, 6.07) is 0.0676. The minimum Gasteiger partial charge on any atom is -0.327 e. The molecule has 8 heavy (non-hydrogen) atoms. The number of allylic oxidation sites excluding steroid dienone is 1. The highest BCUT2D eigenvalue weighted by atomic mass is 19.1. The van der Waals surface area contributed by atoms with Crippen LogP contribution in [0.15, 0.2) is 12.7 Å². The summed E-state index contributed by atoms with van der Waals surface area (Å²) in [7, 11) is 0. The van der Waals surface area contributed by atoms with E-state index in [1.807, 2.05) is 0 Å². The van der Waals surface area contributed by atoms with Crippen molar-refractivity contribution in [2.24, 2.45) is 5.73 Å². The summed E-state index contributed by atoms with van der Waals surface area (Å²) in [6.45, 7) is 3.36. The van der Waals surface area contributed by atoms with Crippen molar-refractivity contribution in [3.8, 4) is 0 Å². The van der Waals surface area contributed by atoms with Crippen LogP contribution in [0.5, 0.6) is 0 Å². The molecule has 0 bridgehead atoms. The predicted octanol–water partition coefficient (Wildman–Crippen LogP) is 1.00. The molecule has 0 saturated heterocycles. The van der Waals surface area contributed by atoms with Gasteiger partial charge in [0.2, 0.25) is 0 Å². The van der Waals surface area contributed by atoms with E-state index >= 15 is 0 Å². The maximum Gasteiger partial charge on any atom is 0.131 e. The summed E-state index contributed by atoms with van der Waals surface area (Å²) in [6.07, 6.45) is 2.25. The maximum atomic E-state index is 12.7. The standard InChI is InChI=1S/C6H10FN/c1-2-6(7)3-5(8)4-6/h2,5H,1,3-4,8H2. The molecule has 2 heteroatoms. The SMILES string of the molecule is C=CC1(F)CC(N)C1. The van der Waals surface area contributed by atoms with Crippen LogP contribution in [0.4, 0.5) is 4.39 Å². The molecule has 1 nitrogen and oxygen atoms in total. The number of halogens is 1. The molecule has 1 rings (SSSR count). The summed E-state index contributed by atoms with van der Waals surface area (Å²) in [5.74, 6) is 0. The Bertz CT molecular complexity index is 105. The number of hydrogen-bond acceptors (Lipinski definition) is 1. The van der Waals surface area contributed by atoms with Crippen molar-refractivity contribution in [1.29, 1.82) is 0 Å². The van der Waals surface area contributed by atoms with Gasteiger partial charge in [-0.05, 0) is 0 Å². The van der Waals surface area contributed by atoms with Crippen LogP contribution in [0.1, 0.15) is 12.8 Å². The lowest BCUT2D eigenvalue weighted by Crippen LogP contribution is -2.46. The van der Waals surface area contributed by atoms with Crippen molar-refractivity contribution >= 4 is 0 Å². The second-order valence-electron chi connectivity index (χ2n) is 2.41. The smallest absolute Gasteiger partial charge is 0.131 e. The zero-order valence-corrected chi connectivity index (χ0v) is 4.73. The number of hydrogen-bond donors (Lipinski definition) is 1. The monoisotopic (exact) mass is 115 g/mol. The molecule has 0 unspecified atom stereocenters. The van der Waals surface area contributed by atoms with E-state index in [9.17, 15) is 4.39 Å². The predicted molar refractivity (Wildman–Crippen MR) is 31.2 cm³/mol. The third kappa shape index (κ3) is 0.757. The van der Waals surface area contributed by atoms with Gasteiger partial charge in [-0.15, -0.1) is 0 Å². The van der Waals surface area contributed by atoms with Gasteiger partial charge in [0, 0.05) is 18.9 Å². The van der Waals surface area contributed by atoms with Crippen LogP contribution >= 0.6 is 0 Å². The van der Waals surface area contributed by atoms with Gasteiger partial charge >= 0.3 is 0 Å². The molecule has 2 N–H and O–H groups in total. The van der Waals surface area contributed by atoms with Gasteiger partial charge < -0.3 is 5.73 Å². The Morgan fingerprint density at radius 3 is 2.38 bits per heavy atom. The minimum absolute atomic E-state index is 0.0676. The zero-order valence-electron chi connectivity index (χ0n) is 4.73. The molecule has 46 valence electrons. The average Bonchev–Trinajstić information content (AvgIpc) is 1.63. The average molecular weight is 115 g/mol. The van der Waals surface area contributed by atoms with E-state index in [0.29, 0.717) is 12.8 Å². The van der Waals surface area contributed by atoms with E-state index in [-0.39, 0.29) is 6.04 Å². The van der Waals surface area contributed by atoms with E-state index in [2.05, 4.69) is 6.58 Å². The van der Waals surface area contributed by atoms with Crippen molar-refractivity contribution in [3.63, 3.8) is 0 Å². The first-order chi connectivity index (χ1) is 3.66. The van der Waals surface area contributed by atoms with E-state index in [4.69, 9.17) is 5.73 Å². The fourth-order valence-electron chi connectivity index (χ4n) is 0.979. The first-order valence-electron chi connectivity index (χ1n) is 2.74. The molecule has 0 atom stereocenters. The minimum atomic E-state index is -1.13. The van der Waals surface area contributed by atoms with Crippen molar-refractivity contribution in [1.82, 2.24) is 0 Å². The highest BCUT2D eigenvalue weighted by Crippen LogP contribution is 2.35. The summed E-state index contributed by atoms with van der Waals surface area (Å²) in [5.41, 5.74) is 4.22. The van der Waals surface area contributed by atoms with E-state index < -0.39 is 5.67 Å². The van der Waals surface area contributed by atoms with Crippen molar-refractivity contribution in [2.75, 3.05) is 0 Å². The highest BCUT2D eigenvalue weighted by Gasteiger charge is 2.39.